The van der Waals surface area contributed by atoms with E-state index in [-0.39, 0.29) is 6.61 Å². The Kier molecular flexibility index (Phi) is 5.05. The number of benzene rings is 1. The summed E-state index contributed by atoms with van der Waals surface area (Å²) >= 11 is 1.27. The van der Waals surface area contributed by atoms with Gasteiger partial charge < -0.3 is 9.84 Å². The first-order chi connectivity index (χ1) is 11.8. The maximum atomic E-state index is 9.78. The maximum Gasteiger partial charge on any atom is 0.105 e. The highest BCUT2D eigenvalue weighted by atomic mass is 32.1. The average molecular weight is 348 g/mol. The molecule has 2 aliphatic heterocycles. The summed E-state index contributed by atoms with van der Waals surface area (Å²) in [6.07, 6.45) is 0. The van der Waals surface area contributed by atoms with Crippen molar-refractivity contribution in [3.05, 3.63) is 23.8 Å². The van der Waals surface area contributed by atoms with E-state index in [4.69, 9.17) is 4.74 Å². The number of hydrogen-bond acceptors (Lipinski definition) is 7. The van der Waals surface area contributed by atoms with Gasteiger partial charge >= 0.3 is 0 Å². The van der Waals surface area contributed by atoms with E-state index in [0.29, 0.717) is 11.8 Å². The zero-order valence-electron chi connectivity index (χ0n) is 13.8. The monoisotopic (exact) mass is 348 g/mol. The Labute approximate surface area is 146 Å². The number of likely N-dealkylation sites (tertiary alicyclic amines) is 1. The zero-order chi connectivity index (χ0) is 16.4. The molecule has 1 N–H and O–H groups in total. The van der Waals surface area contributed by atoms with Crippen LogP contribution < -0.4 is 0 Å². The van der Waals surface area contributed by atoms with Gasteiger partial charge in [-0.25, -0.2) is 0 Å². The standard InChI is InChI=1S/C17H24N4O2S/c22-12-15-11-21(10-14(15)9-20-3-5-23-6-4-20)8-13-1-2-16-17(7-13)19-24-18-16/h1-2,7,14-15,22H,3-6,8-12H2/t14-,15-/m0/s1. The van der Waals surface area contributed by atoms with Crippen molar-refractivity contribution >= 4 is 22.8 Å². The molecular formula is C17H24N4O2S. The van der Waals surface area contributed by atoms with Crippen LogP contribution in [-0.2, 0) is 11.3 Å². The summed E-state index contributed by atoms with van der Waals surface area (Å²) in [5.41, 5.74) is 3.24. The van der Waals surface area contributed by atoms with E-state index < -0.39 is 0 Å². The van der Waals surface area contributed by atoms with Crippen molar-refractivity contribution in [3.8, 4) is 0 Å². The molecule has 2 fully saturated rings. The number of ether oxygens (including phenoxy) is 1. The molecule has 130 valence electrons. The largest absolute Gasteiger partial charge is 0.396 e. The predicted molar refractivity (Wildman–Crippen MR) is 94.0 cm³/mol. The SMILES string of the molecule is OC[C@@H]1CN(Cc2ccc3nsnc3c2)C[C@@H]1CN1CCOCC1. The maximum absolute atomic E-state index is 9.78. The van der Waals surface area contributed by atoms with E-state index in [1.54, 1.807) is 0 Å². The smallest absolute Gasteiger partial charge is 0.105 e. The molecule has 1 aromatic carbocycles. The lowest BCUT2D eigenvalue weighted by molar-refractivity contribution is 0.0264. The second-order valence-corrected chi connectivity index (χ2v) is 7.43. The number of fused-ring (bicyclic) bond motifs is 1. The Morgan fingerprint density at radius 1 is 1.08 bits per heavy atom. The molecule has 2 aromatic rings. The third kappa shape index (κ3) is 3.60. The van der Waals surface area contributed by atoms with E-state index in [2.05, 4.69) is 36.7 Å². The second kappa shape index (κ2) is 7.41. The topological polar surface area (TPSA) is 61.7 Å². The van der Waals surface area contributed by atoms with Crippen LogP contribution >= 0.6 is 11.7 Å². The van der Waals surface area contributed by atoms with Gasteiger partial charge in [0.2, 0.25) is 0 Å². The molecule has 0 saturated carbocycles. The van der Waals surface area contributed by atoms with Crippen LogP contribution in [-0.4, -0.2) is 76.2 Å². The average Bonchev–Trinajstić information content (AvgIpc) is 3.22. The van der Waals surface area contributed by atoms with E-state index in [0.717, 1.165) is 63.5 Å². The van der Waals surface area contributed by atoms with Crippen molar-refractivity contribution in [1.82, 2.24) is 18.5 Å². The van der Waals surface area contributed by atoms with Gasteiger partial charge in [0.05, 0.1) is 24.9 Å². The molecule has 1 aromatic heterocycles. The molecule has 0 spiro atoms. The van der Waals surface area contributed by atoms with Crippen LogP contribution in [0.25, 0.3) is 11.0 Å². The Balaban J connectivity index is 1.38. The molecule has 6 nitrogen and oxygen atoms in total. The molecule has 3 heterocycles. The third-order valence-electron chi connectivity index (χ3n) is 5.21. The highest BCUT2D eigenvalue weighted by molar-refractivity contribution is 7.00. The van der Waals surface area contributed by atoms with Gasteiger partial charge in [-0.05, 0) is 29.5 Å². The number of rotatable bonds is 5. The summed E-state index contributed by atoms with van der Waals surface area (Å²) in [6.45, 7) is 7.99. The van der Waals surface area contributed by atoms with Crippen molar-refractivity contribution in [2.75, 3.05) is 52.5 Å². The lowest BCUT2D eigenvalue weighted by atomic mass is 9.96. The number of morpholine rings is 1. The number of nitrogens with zero attached hydrogens (tertiary/aromatic N) is 4. The molecule has 0 radical (unpaired) electrons. The molecule has 0 bridgehead atoms. The van der Waals surface area contributed by atoms with Crippen LogP contribution in [0.5, 0.6) is 0 Å². The van der Waals surface area contributed by atoms with Crippen LogP contribution in [0.4, 0.5) is 0 Å². The van der Waals surface area contributed by atoms with Gasteiger partial charge in [0.25, 0.3) is 0 Å². The van der Waals surface area contributed by atoms with Crippen molar-refractivity contribution in [2.45, 2.75) is 6.54 Å². The minimum atomic E-state index is 0.278. The van der Waals surface area contributed by atoms with E-state index >= 15 is 0 Å². The van der Waals surface area contributed by atoms with E-state index in [1.165, 1.54) is 17.3 Å². The summed E-state index contributed by atoms with van der Waals surface area (Å²) in [7, 11) is 0. The van der Waals surface area contributed by atoms with Crippen LogP contribution in [0, 0.1) is 11.8 Å². The summed E-state index contributed by atoms with van der Waals surface area (Å²) in [5.74, 6) is 0.912. The van der Waals surface area contributed by atoms with Gasteiger partial charge in [0, 0.05) is 45.9 Å². The lowest BCUT2D eigenvalue weighted by Crippen LogP contribution is -2.41. The molecule has 2 saturated heterocycles. The third-order valence-corrected chi connectivity index (χ3v) is 5.76. The summed E-state index contributed by atoms with van der Waals surface area (Å²) in [6, 6.07) is 6.34. The van der Waals surface area contributed by atoms with Gasteiger partial charge in [-0.2, -0.15) is 8.75 Å². The van der Waals surface area contributed by atoms with E-state index in [9.17, 15) is 5.11 Å². The quantitative estimate of drug-likeness (QED) is 0.872. The summed E-state index contributed by atoms with van der Waals surface area (Å²) < 4.78 is 14.0. The highest BCUT2D eigenvalue weighted by Gasteiger charge is 2.33. The van der Waals surface area contributed by atoms with Crippen molar-refractivity contribution in [2.24, 2.45) is 11.8 Å². The predicted octanol–water partition coefficient (Wildman–Crippen LogP) is 1.06. The Hall–Kier alpha value is -1.12. The molecule has 24 heavy (non-hydrogen) atoms. The first-order valence-corrected chi connectivity index (χ1v) is 9.39. The number of hydrogen-bond donors (Lipinski definition) is 1. The molecule has 7 heteroatoms. The minimum Gasteiger partial charge on any atom is -0.396 e. The molecule has 0 amide bonds. The Morgan fingerprint density at radius 3 is 2.71 bits per heavy atom. The normalized spacial score (nSPS) is 26.4. The van der Waals surface area contributed by atoms with Gasteiger partial charge in [-0.3, -0.25) is 9.80 Å². The fourth-order valence-electron chi connectivity index (χ4n) is 3.88. The van der Waals surface area contributed by atoms with Crippen LogP contribution in [0.3, 0.4) is 0 Å². The second-order valence-electron chi connectivity index (χ2n) is 6.90. The zero-order valence-corrected chi connectivity index (χ0v) is 14.6. The number of aliphatic hydroxyl groups excluding tert-OH is 1. The summed E-state index contributed by atoms with van der Waals surface area (Å²) in [5, 5.41) is 9.78. The van der Waals surface area contributed by atoms with Gasteiger partial charge in [0.15, 0.2) is 0 Å². The van der Waals surface area contributed by atoms with Crippen molar-refractivity contribution in [1.29, 1.82) is 0 Å². The van der Waals surface area contributed by atoms with Crippen LogP contribution in [0.2, 0.25) is 0 Å². The first-order valence-electron chi connectivity index (χ1n) is 8.66. The molecular weight excluding hydrogens is 324 g/mol. The van der Waals surface area contributed by atoms with Crippen LogP contribution in [0.1, 0.15) is 5.56 Å². The van der Waals surface area contributed by atoms with E-state index in [1.807, 2.05) is 0 Å². The summed E-state index contributed by atoms with van der Waals surface area (Å²) in [4.78, 5) is 4.94. The molecule has 0 aliphatic carbocycles. The Bertz CT molecular complexity index is 673. The lowest BCUT2D eigenvalue weighted by Gasteiger charge is -2.30. The van der Waals surface area contributed by atoms with Crippen molar-refractivity contribution in [3.63, 3.8) is 0 Å². The molecule has 0 unspecified atom stereocenters. The number of aromatic nitrogens is 2. The molecule has 2 atom stereocenters. The van der Waals surface area contributed by atoms with Gasteiger partial charge in [0.1, 0.15) is 11.0 Å². The fourth-order valence-corrected chi connectivity index (χ4v) is 4.40. The Morgan fingerprint density at radius 2 is 1.88 bits per heavy atom. The van der Waals surface area contributed by atoms with Gasteiger partial charge in [-0.15, -0.1) is 0 Å². The minimum absolute atomic E-state index is 0.278. The molecule has 2 aliphatic rings. The highest BCUT2D eigenvalue weighted by Crippen LogP contribution is 2.26. The first kappa shape index (κ1) is 16.4. The number of aliphatic hydroxyl groups is 1. The van der Waals surface area contributed by atoms with Crippen molar-refractivity contribution < 1.29 is 9.84 Å². The molecule has 4 rings (SSSR count). The van der Waals surface area contributed by atoms with Crippen LogP contribution in [0.15, 0.2) is 18.2 Å². The van der Waals surface area contributed by atoms with Gasteiger partial charge in [-0.1, -0.05) is 6.07 Å². The fraction of sp³-hybridized carbons (Fsp3) is 0.647.